The van der Waals surface area contributed by atoms with Crippen molar-refractivity contribution in [3.05, 3.63) is 0 Å². The summed E-state index contributed by atoms with van der Waals surface area (Å²) in [5, 5.41) is 10.6. The second-order valence-electron chi connectivity index (χ2n) is 28.4. The van der Waals surface area contributed by atoms with E-state index in [9.17, 15) is 43.2 Å². The molecular formula is C74H144O17P2. The summed E-state index contributed by atoms with van der Waals surface area (Å²) in [4.78, 5) is 72.7. The van der Waals surface area contributed by atoms with Gasteiger partial charge < -0.3 is 33.8 Å². The number of unbranched alkanes of at least 4 members (excludes halogenated alkanes) is 36. The Bertz CT molecular complexity index is 1840. The maximum Gasteiger partial charge on any atom is 0.472 e. The monoisotopic (exact) mass is 1370 g/mol. The van der Waals surface area contributed by atoms with Crippen LogP contribution in [0.2, 0.25) is 0 Å². The molecule has 93 heavy (non-hydrogen) atoms. The lowest BCUT2D eigenvalue weighted by Gasteiger charge is -2.21. The summed E-state index contributed by atoms with van der Waals surface area (Å²) in [7, 11) is -9.91. The van der Waals surface area contributed by atoms with E-state index in [4.69, 9.17) is 37.0 Å². The molecule has 0 aromatic heterocycles. The zero-order chi connectivity index (χ0) is 68.9. The van der Waals surface area contributed by atoms with E-state index in [0.717, 1.165) is 114 Å². The van der Waals surface area contributed by atoms with Crippen molar-refractivity contribution in [1.82, 2.24) is 0 Å². The molecular weight excluding hydrogens is 1220 g/mol. The fourth-order valence-corrected chi connectivity index (χ4v) is 12.7. The average Bonchev–Trinajstić information content (AvgIpc) is 1.99. The molecule has 0 fully saturated rings. The third-order valence-electron chi connectivity index (χ3n) is 17.4. The molecule has 0 rings (SSSR count). The standard InChI is InChI=1S/C74H144O17P2/c1-9-67(8)53-45-37-29-23-24-32-41-49-57-74(79)91-69(60-84-71(76)54-46-38-30-21-17-12-10-11-15-19-26-34-42-50-64(2)3)62-88-92(80,81)86-58-68(75)59-87-93(82,83)89-63-70(61-85-72(77)55-47-39-33-25-28-36-44-52-66(6)7)90-73(78)56-48-40-31-22-18-14-13-16-20-27-35-43-51-65(4)5/h64-70,75H,9-63H2,1-8H3,(H,80,81)(H,82,83)/t67?,68?,69-,70-/m1/s1. The Kier molecular flexibility index (Phi) is 62.2. The zero-order valence-electron chi connectivity index (χ0n) is 60.9. The van der Waals surface area contributed by atoms with E-state index < -0.39 is 97.5 Å². The highest BCUT2D eigenvalue weighted by Crippen LogP contribution is 2.45. The molecule has 0 amide bonds. The molecule has 6 atom stereocenters. The van der Waals surface area contributed by atoms with Crippen LogP contribution in [0.4, 0.5) is 0 Å². The summed E-state index contributed by atoms with van der Waals surface area (Å²) < 4.78 is 68.4. The SMILES string of the molecule is CCC(C)CCCCCCCCCCC(=O)O[C@H](COC(=O)CCCCCCCCCCCCCCCC(C)C)COP(=O)(O)OCC(O)COP(=O)(O)OC[C@@H](COC(=O)CCCCCCCCCC(C)C)OC(=O)CCCCCCCCCCCCCCC(C)C. The Morgan fingerprint density at radius 1 is 0.301 bits per heavy atom. The number of esters is 4. The number of hydrogen-bond acceptors (Lipinski definition) is 15. The topological polar surface area (TPSA) is 237 Å². The highest BCUT2D eigenvalue weighted by atomic mass is 31.2. The van der Waals surface area contributed by atoms with Crippen molar-refractivity contribution in [1.29, 1.82) is 0 Å². The number of rotatable bonds is 71. The van der Waals surface area contributed by atoms with Gasteiger partial charge in [-0.1, -0.05) is 319 Å². The molecule has 0 aromatic rings. The summed E-state index contributed by atoms with van der Waals surface area (Å²) >= 11 is 0. The van der Waals surface area contributed by atoms with Gasteiger partial charge >= 0.3 is 39.5 Å². The quantitative estimate of drug-likeness (QED) is 0.0222. The van der Waals surface area contributed by atoms with Crippen LogP contribution in [-0.4, -0.2) is 96.7 Å². The maximum atomic E-state index is 13.1. The Morgan fingerprint density at radius 2 is 0.516 bits per heavy atom. The highest BCUT2D eigenvalue weighted by Gasteiger charge is 2.30. The van der Waals surface area contributed by atoms with Gasteiger partial charge in [0.25, 0.3) is 0 Å². The molecule has 0 saturated carbocycles. The number of carbonyl (C=O) groups excluding carboxylic acids is 4. The number of hydrogen-bond donors (Lipinski definition) is 3. The molecule has 17 nitrogen and oxygen atoms in total. The molecule has 0 bridgehead atoms. The van der Waals surface area contributed by atoms with Gasteiger partial charge in [-0.05, 0) is 49.4 Å². The largest absolute Gasteiger partial charge is 0.472 e. The van der Waals surface area contributed by atoms with Crippen molar-refractivity contribution in [2.75, 3.05) is 39.6 Å². The number of aliphatic hydroxyl groups is 1. The molecule has 19 heteroatoms. The van der Waals surface area contributed by atoms with Crippen molar-refractivity contribution >= 4 is 39.5 Å². The summed E-state index contributed by atoms with van der Waals surface area (Å²) in [6.07, 6.45) is 47.2. The summed E-state index contributed by atoms with van der Waals surface area (Å²) in [5.74, 6) is 0.917. The van der Waals surface area contributed by atoms with Gasteiger partial charge in [-0.3, -0.25) is 37.3 Å². The molecule has 3 N–H and O–H groups in total. The van der Waals surface area contributed by atoms with Gasteiger partial charge in [-0.2, -0.15) is 0 Å². The van der Waals surface area contributed by atoms with Gasteiger partial charge in [0.05, 0.1) is 26.4 Å². The Morgan fingerprint density at radius 3 is 0.763 bits per heavy atom. The van der Waals surface area contributed by atoms with Crippen LogP contribution in [-0.2, 0) is 65.4 Å². The number of phosphoric ester groups is 2. The normalized spacial score (nSPS) is 14.5. The zero-order valence-corrected chi connectivity index (χ0v) is 62.7. The molecule has 0 saturated heterocycles. The molecule has 0 spiro atoms. The van der Waals surface area contributed by atoms with Gasteiger partial charge in [-0.25, -0.2) is 9.13 Å². The van der Waals surface area contributed by atoms with Crippen molar-refractivity contribution in [2.45, 2.75) is 388 Å². The van der Waals surface area contributed by atoms with Crippen molar-refractivity contribution < 1.29 is 80.2 Å². The lowest BCUT2D eigenvalue weighted by Crippen LogP contribution is -2.30. The summed E-state index contributed by atoms with van der Waals surface area (Å²) in [6.45, 7) is 14.2. The van der Waals surface area contributed by atoms with E-state index in [1.165, 1.54) is 167 Å². The first kappa shape index (κ1) is 91.1. The Labute approximate surface area is 568 Å². The van der Waals surface area contributed by atoms with E-state index >= 15 is 0 Å². The van der Waals surface area contributed by atoms with Crippen LogP contribution in [0, 0.1) is 23.7 Å². The predicted octanol–water partition coefficient (Wildman–Crippen LogP) is 21.3. The van der Waals surface area contributed by atoms with E-state index in [1.807, 2.05) is 0 Å². The van der Waals surface area contributed by atoms with Crippen LogP contribution in [0.3, 0.4) is 0 Å². The van der Waals surface area contributed by atoms with Crippen LogP contribution >= 0.6 is 15.6 Å². The van der Waals surface area contributed by atoms with Gasteiger partial charge in [0, 0.05) is 25.7 Å². The summed E-state index contributed by atoms with van der Waals surface area (Å²) in [6, 6.07) is 0. The van der Waals surface area contributed by atoms with Crippen LogP contribution in [0.5, 0.6) is 0 Å². The Hall–Kier alpha value is -1.94. The van der Waals surface area contributed by atoms with Gasteiger partial charge in [0.1, 0.15) is 19.3 Å². The number of carbonyl (C=O) groups is 4. The van der Waals surface area contributed by atoms with E-state index in [2.05, 4.69) is 55.4 Å². The molecule has 0 heterocycles. The molecule has 0 radical (unpaired) electrons. The molecule has 0 aliphatic carbocycles. The third kappa shape index (κ3) is 67.0. The molecule has 0 aromatic carbocycles. The minimum absolute atomic E-state index is 0.105. The van der Waals surface area contributed by atoms with E-state index in [0.29, 0.717) is 31.6 Å². The Balaban J connectivity index is 5.24. The lowest BCUT2D eigenvalue weighted by atomic mass is 9.99. The number of aliphatic hydroxyl groups excluding tert-OH is 1. The lowest BCUT2D eigenvalue weighted by molar-refractivity contribution is -0.161. The number of phosphoric acid groups is 2. The smallest absolute Gasteiger partial charge is 0.462 e. The molecule has 552 valence electrons. The van der Waals surface area contributed by atoms with Crippen molar-refractivity contribution in [3.8, 4) is 0 Å². The minimum atomic E-state index is -4.96. The van der Waals surface area contributed by atoms with Crippen LogP contribution < -0.4 is 0 Å². The number of ether oxygens (including phenoxy) is 4. The summed E-state index contributed by atoms with van der Waals surface area (Å²) in [5.41, 5.74) is 0. The van der Waals surface area contributed by atoms with Crippen molar-refractivity contribution in [3.63, 3.8) is 0 Å². The van der Waals surface area contributed by atoms with Crippen LogP contribution in [0.1, 0.15) is 370 Å². The molecule has 4 unspecified atom stereocenters. The predicted molar refractivity (Wildman–Crippen MR) is 377 cm³/mol. The van der Waals surface area contributed by atoms with Gasteiger partial charge in [-0.15, -0.1) is 0 Å². The van der Waals surface area contributed by atoms with Crippen molar-refractivity contribution in [2.24, 2.45) is 23.7 Å². The van der Waals surface area contributed by atoms with E-state index in [1.54, 1.807) is 0 Å². The first-order valence-corrected chi connectivity index (χ1v) is 41.2. The third-order valence-corrected chi connectivity index (χ3v) is 19.3. The molecule has 0 aliphatic heterocycles. The van der Waals surface area contributed by atoms with Crippen LogP contribution in [0.15, 0.2) is 0 Å². The fraction of sp³-hybridized carbons (Fsp3) is 0.946. The van der Waals surface area contributed by atoms with Gasteiger partial charge in [0.2, 0.25) is 0 Å². The fourth-order valence-electron chi connectivity index (χ4n) is 11.2. The second-order valence-corrected chi connectivity index (χ2v) is 31.3. The van der Waals surface area contributed by atoms with E-state index in [-0.39, 0.29) is 25.7 Å². The second kappa shape index (κ2) is 63.5. The molecule has 0 aliphatic rings. The first-order valence-electron chi connectivity index (χ1n) is 38.2. The van der Waals surface area contributed by atoms with Gasteiger partial charge in [0.15, 0.2) is 12.2 Å². The minimum Gasteiger partial charge on any atom is -0.462 e. The first-order chi connectivity index (χ1) is 44.6. The van der Waals surface area contributed by atoms with Crippen LogP contribution in [0.25, 0.3) is 0 Å². The maximum absolute atomic E-state index is 13.1. The average molecular weight is 1370 g/mol. The highest BCUT2D eigenvalue weighted by molar-refractivity contribution is 7.47.